The monoisotopic (exact) mass is 376 g/mol. The zero-order chi connectivity index (χ0) is 19.4. The lowest BCUT2D eigenvalue weighted by Crippen LogP contribution is -2.34. The fraction of sp³-hybridized carbons (Fsp3) is 0.526. The van der Waals surface area contributed by atoms with E-state index >= 15 is 0 Å². The maximum absolute atomic E-state index is 12.4. The van der Waals surface area contributed by atoms with Gasteiger partial charge in [-0.3, -0.25) is 14.4 Å². The van der Waals surface area contributed by atoms with Crippen molar-refractivity contribution in [3.05, 3.63) is 18.2 Å². The number of carbonyl (C=O) groups excluding carboxylic acids is 3. The molecule has 2 aliphatic rings. The second kappa shape index (κ2) is 8.28. The second-order valence-electron chi connectivity index (χ2n) is 6.81. The van der Waals surface area contributed by atoms with Crippen LogP contribution in [0.1, 0.15) is 26.7 Å². The third-order valence-corrected chi connectivity index (χ3v) is 4.33. The smallest absolute Gasteiger partial charge is 0.307 e. The zero-order valence-electron chi connectivity index (χ0n) is 15.5. The van der Waals surface area contributed by atoms with Crippen LogP contribution in [0.4, 0.5) is 5.69 Å². The molecule has 1 fully saturated rings. The number of anilines is 1. The van der Waals surface area contributed by atoms with Crippen LogP contribution in [0, 0.1) is 5.92 Å². The fourth-order valence-electron chi connectivity index (χ4n) is 3.09. The van der Waals surface area contributed by atoms with Crippen LogP contribution in [0.3, 0.4) is 0 Å². The number of hydrogen-bond donors (Lipinski definition) is 1. The predicted octanol–water partition coefficient (Wildman–Crippen LogP) is 1.27. The highest BCUT2D eigenvalue weighted by molar-refractivity contribution is 6.00. The minimum Gasteiger partial charge on any atom is -0.486 e. The molecule has 0 spiro atoms. The Morgan fingerprint density at radius 3 is 2.74 bits per heavy atom. The van der Waals surface area contributed by atoms with Gasteiger partial charge in [0.15, 0.2) is 11.5 Å². The highest BCUT2D eigenvalue weighted by Crippen LogP contribution is 2.35. The highest BCUT2D eigenvalue weighted by atomic mass is 16.6. The van der Waals surface area contributed by atoms with E-state index in [0.29, 0.717) is 36.9 Å². The highest BCUT2D eigenvalue weighted by Gasteiger charge is 2.35. The molecule has 2 aliphatic heterocycles. The normalized spacial score (nSPS) is 18.6. The van der Waals surface area contributed by atoms with Gasteiger partial charge >= 0.3 is 5.97 Å². The number of benzene rings is 1. The van der Waals surface area contributed by atoms with Crippen LogP contribution in [0.2, 0.25) is 0 Å². The van der Waals surface area contributed by atoms with Crippen molar-refractivity contribution in [2.45, 2.75) is 32.8 Å². The van der Waals surface area contributed by atoms with Gasteiger partial charge in [0, 0.05) is 31.3 Å². The van der Waals surface area contributed by atoms with E-state index in [4.69, 9.17) is 14.2 Å². The molecular formula is C19H24N2O6. The Kier molecular flexibility index (Phi) is 5.83. The molecule has 1 aromatic rings. The van der Waals surface area contributed by atoms with Crippen molar-refractivity contribution in [1.29, 1.82) is 0 Å². The van der Waals surface area contributed by atoms with Gasteiger partial charge in [-0.1, -0.05) is 0 Å². The van der Waals surface area contributed by atoms with Crippen molar-refractivity contribution in [3.63, 3.8) is 0 Å². The number of rotatable bonds is 6. The third-order valence-electron chi connectivity index (χ3n) is 4.33. The van der Waals surface area contributed by atoms with Gasteiger partial charge in [-0.05, 0) is 26.0 Å². The fourth-order valence-corrected chi connectivity index (χ4v) is 3.09. The summed E-state index contributed by atoms with van der Waals surface area (Å²) in [5.41, 5.74) is 0.681. The number of carbonyl (C=O) groups is 3. The molecule has 2 heterocycles. The summed E-state index contributed by atoms with van der Waals surface area (Å²) in [6, 6.07) is 5.31. The van der Waals surface area contributed by atoms with E-state index in [2.05, 4.69) is 5.32 Å². The molecule has 3 rings (SSSR count). The number of ether oxygens (including phenoxy) is 3. The Hall–Kier alpha value is -2.77. The topological polar surface area (TPSA) is 94.2 Å². The van der Waals surface area contributed by atoms with Crippen molar-refractivity contribution in [2.75, 3.05) is 31.2 Å². The second-order valence-corrected chi connectivity index (χ2v) is 6.81. The van der Waals surface area contributed by atoms with E-state index in [9.17, 15) is 14.4 Å². The number of amides is 2. The van der Waals surface area contributed by atoms with Crippen LogP contribution in [-0.4, -0.2) is 50.2 Å². The number of nitrogens with one attached hydrogen (secondary N) is 1. The number of nitrogens with zero attached hydrogens (tertiary/aromatic N) is 1. The molecule has 27 heavy (non-hydrogen) atoms. The summed E-state index contributed by atoms with van der Waals surface area (Å²) < 4.78 is 16.1. The Bertz CT molecular complexity index is 733. The molecule has 0 unspecified atom stereocenters. The van der Waals surface area contributed by atoms with Crippen molar-refractivity contribution >= 4 is 23.5 Å². The van der Waals surface area contributed by atoms with E-state index in [-0.39, 0.29) is 43.3 Å². The minimum atomic E-state index is -0.452. The third kappa shape index (κ3) is 4.69. The Labute approximate surface area is 157 Å². The van der Waals surface area contributed by atoms with E-state index in [1.54, 1.807) is 36.9 Å². The first-order valence-corrected chi connectivity index (χ1v) is 9.11. The summed E-state index contributed by atoms with van der Waals surface area (Å²) in [6.07, 6.45) is 0.0629. The molecule has 0 aliphatic carbocycles. The van der Waals surface area contributed by atoms with Gasteiger partial charge < -0.3 is 24.4 Å². The first kappa shape index (κ1) is 19.0. The van der Waals surface area contributed by atoms with Crippen molar-refractivity contribution < 1.29 is 28.6 Å². The first-order valence-electron chi connectivity index (χ1n) is 9.11. The van der Waals surface area contributed by atoms with Crippen LogP contribution >= 0.6 is 0 Å². The van der Waals surface area contributed by atoms with Gasteiger partial charge in [-0.2, -0.15) is 0 Å². The molecule has 1 saturated heterocycles. The average Bonchev–Trinajstić information content (AvgIpc) is 3.02. The summed E-state index contributed by atoms with van der Waals surface area (Å²) in [5.74, 6) is 0.0895. The summed E-state index contributed by atoms with van der Waals surface area (Å²) in [4.78, 5) is 37.8. The van der Waals surface area contributed by atoms with Gasteiger partial charge in [-0.15, -0.1) is 0 Å². The lowest BCUT2D eigenvalue weighted by molar-refractivity contribution is -0.147. The predicted molar refractivity (Wildman–Crippen MR) is 96.7 cm³/mol. The van der Waals surface area contributed by atoms with Crippen molar-refractivity contribution in [3.8, 4) is 11.5 Å². The molecule has 0 radical (unpaired) electrons. The average molecular weight is 376 g/mol. The number of esters is 1. The summed E-state index contributed by atoms with van der Waals surface area (Å²) in [5, 5.41) is 2.71. The minimum absolute atomic E-state index is 0.108. The SMILES string of the molecule is CC(C)OC(=O)CCNC(=O)[C@H]1CC(=O)N(c2ccc3c(c2)OCCO3)C1. The maximum atomic E-state index is 12.4. The molecule has 146 valence electrons. The molecule has 8 nitrogen and oxygen atoms in total. The lowest BCUT2D eigenvalue weighted by Gasteiger charge is -2.22. The van der Waals surface area contributed by atoms with E-state index in [1.165, 1.54) is 0 Å². The van der Waals surface area contributed by atoms with E-state index in [1.807, 2.05) is 0 Å². The van der Waals surface area contributed by atoms with Gasteiger partial charge in [0.1, 0.15) is 13.2 Å². The van der Waals surface area contributed by atoms with E-state index in [0.717, 1.165) is 0 Å². The van der Waals surface area contributed by atoms with E-state index < -0.39 is 5.92 Å². The number of hydrogen-bond acceptors (Lipinski definition) is 6. The zero-order valence-corrected chi connectivity index (χ0v) is 15.5. The summed E-state index contributed by atoms with van der Waals surface area (Å²) >= 11 is 0. The van der Waals surface area contributed by atoms with Gasteiger partial charge in [-0.25, -0.2) is 0 Å². The van der Waals surface area contributed by atoms with Crippen LogP contribution in [0.15, 0.2) is 18.2 Å². The lowest BCUT2D eigenvalue weighted by atomic mass is 10.1. The standard InChI is InChI=1S/C19H24N2O6/c1-12(2)27-18(23)5-6-20-19(24)13-9-17(22)21(11-13)14-3-4-15-16(10-14)26-8-7-25-15/h3-4,10,12-13H,5-9,11H2,1-2H3,(H,20,24)/t13-/m0/s1. The molecule has 8 heteroatoms. The van der Waals surface area contributed by atoms with Crippen LogP contribution in [-0.2, 0) is 19.1 Å². The molecule has 1 aromatic carbocycles. The van der Waals surface area contributed by atoms with Gasteiger partial charge in [0.25, 0.3) is 0 Å². The molecule has 1 atom stereocenters. The molecule has 1 N–H and O–H groups in total. The molecule has 2 amide bonds. The summed E-state index contributed by atoms with van der Waals surface area (Å²) in [7, 11) is 0. The van der Waals surface area contributed by atoms with Crippen LogP contribution in [0.5, 0.6) is 11.5 Å². The van der Waals surface area contributed by atoms with Crippen molar-refractivity contribution in [1.82, 2.24) is 5.32 Å². The van der Waals surface area contributed by atoms with Gasteiger partial charge in [0.05, 0.1) is 18.4 Å². The van der Waals surface area contributed by atoms with Crippen LogP contribution < -0.4 is 19.7 Å². The molecule has 0 aromatic heterocycles. The van der Waals surface area contributed by atoms with Gasteiger partial charge in [0.2, 0.25) is 11.8 Å². The largest absolute Gasteiger partial charge is 0.486 e. The Morgan fingerprint density at radius 2 is 2.00 bits per heavy atom. The quantitative estimate of drug-likeness (QED) is 0.752. The first-order chi connectivity index (χ1) is 12.9. The molecular weight excluding hydrogens is 352 g/mol. The molecule has 0 saturated carbocycles. The Balaban J connectivity index is 1.54. The number of fused-ring (bicyclic) bond motifs is 1. The molecule has 0 bridgehead atoms. The van der Waals surface area contributed by atoms with Crippen molar-refractivity contribution in [2.24, 2.45) is 5.92 Å². The Morgan fingerprint density at radius 1 is 1.26 bits per heavy atom. The van der Waals surface area contributed by atoms with Crippen LogP contribution in [0.25, 0.3) is 0 Å². The maximum Gasteiger partial charge on any atom is 0.307 e. The summed E-state index contributed by atoms with van der Waals surface area (Å²) in [6.45, 7) is 5.00.